The predicted molar refractivity (Wildman–Crippen MR) is 71.5 cm³/mol. The minimum Gasteiger partial charge on any atom is -0.508 e. The van der Waals surface area contributed by atoms with Crippen molar-refractivity contribution in [3.8, 4) is 5.75 Å². The first kappa shape index (κ1) is 12.6. The monoisotopic (exact) mass is 242 g/mol. The van der Waals surface area contributed by atoms with Crippen molar-refractivity contribution >= 4 is 0 Å². The number of aromatic nitrogens is 2. The molecule has 0 radical (unpaired) electrons. The lowest BCUT2D eigenvalue weighted by Crippen LogP contribution is -2.00. The average molecular weight is 242 g/mol. The second kappa shape index (κ2) is 5.63. The molecule has 0 fully saturated rings. The van der Waals surface area contributed by atoms with E-state index >= 15 is 0 Å². The van der Waals surface area contributed by atoms with Gasteiger partial charge in [-0.05, 0) is 30.0 Å². The Morgan fingerprint density at radius 3 is 2.17 bits per heavy atom. The Hall–Kier alpha value is -1.90. The molecule has 0 saturated carbocycles. The number of nitrogens with zero attached hydrogens (tertiary/aromatic N) is 2. The van der Waals surface area contributed by atoms with Gasteiger partial charge in [0.15, 0.2) is 0 Å². The van der Waals surface area contributed by atoms with E-state index in [9.17, 15) is 5.11 Å². The van der Waals surface area contributed by atoms with Crippen LogP contribution in [0.4, 0.5) is 0 Å². The first-order valence-corrected chi connectivity index (χ1v) is 6.21. The highest BCUT2D eigenvalue weighted by atomic mass is 16.3. The highest BCUT2D eigenvalue weighted by Crippen LogP contribution is 2.13. The number of rotatable bonds is 4. The summed E-state index contributed by atoms with van der Waals surface area (Å²) in [5.41, 5.74) is 3.12. The molecule has 1 aromatic carbocycles. The summed E-state index contributed by atoms with van der Waals surface area (Å²) in [6, 6.07) is 7.18. The molecule has 1 heterocycles. The van der Waals surface area contributed by atoms with Crippen molar-refractivity contribution in [1.82, 2.24) is 9.97 Å². The molecule has 0 bridgehead atoms. The lowest BCUT2D eigenvalue weighted by molar-refractivity contribution is 0.475. The zero-order valence-corrected chi connectivity index (χ0v) is 10.8. The molecule has 0 aliphatic heterocycles. The van der Waals surface area contributed by atoms with E-state index in [0.29, 0.717) is 5.92 Å². The highest BCUT2D eigenvalue weighted by Gasteiger charge is 2.02. The largest absolute Gasteiger partial charge is 0.508 e. The van der Waals surface area contributed by atoms with Gasteiger partial charge in [0.05, 0.1) is 11.4 Å². The summed E-state index contributed by atoms with van der Waals surface area (Å²) >= 11 is 0. The smallest absolute Gasteiger partial charge is 0.115 e. The Kier molecular flexibility index (Phi) is 3.92. The molecule has 0 amide bonds. The van der Waals surface area contributed by atoms with Crippen molar-refractivity contribution in [2.24, 2.45) is 5.92 Å². The zero-order valence-electron chi connectivity index (χ0n) is 10.8. The third kappa shape index (κ3) is 3.55. The van der Waals surface area contributed by atoms with Crippen LogP contribution in [0.5, 0.6) is 5.75 Å². The number of hydrogen-bond donors (Lipinski definition) is 1. The van der Waals surface area contributed by atoms with Gasteiger partial charge in [0.1, 0.15) is 5.75 Å². The SMILES string of the molecule is CC(C)Cc1cnc(Cc2ccc(O)cc2)cn1. The van der Waals surface area contributed by atoms with Gasteiger partial charge in [0.25, 0.3) is 0 Å². The highest BCUT2D eigenvalue weighted by molar-refractivity contribution is 5.28. The summed E-state index contributed by atoms with van der Waals surface area (Å²) in [6.45, 7) is 4.35. The van der Waals surface area contributed by atoms with Crippen LogP contribution in [0, 0.1) is 5.92 Å². The van der Waals surface area contributed by atoms with Crippen LogP contribution >= 0.6 is 0 Å². The summed E-state index contributed by atoms with van der Waals surface area (Å²) in [7, 11) is 0. The number of benzene rings is 1. The molecule has 0 saturated heterocycles. The average Bonchev–Trinajstić information content (AvgIpc) is 2.34. The van der Waals surface area contributed by atoms with Crippen molar-refractivity contribution in [1.29, 1.82) is 0 Å². The third-order valence-corrected chi connectivity index (χ3v) is 2.70. The molecule has 3 nitrogen and oxygen atoms in total. The van der Waals surface area contributed by atoms with E-state index in [-0.39, 0.29) is 5.75 Å². The Morgan fingerprint density at radius 2 is 1.61 bits per heavy atom. The van der Waals surface area contributed by atoms with Crippen molar-refractivity contribution in [2.45, 2.75) is 26.7 Å². The van der Waals surface area contributed by atoms with Crippen molar-refractivity contribution in [3.05, 3.63) is 53.6 Å². The normalized spacial score (nSPS) is 10.8. The second-order valence-electron chi connectivity index (χ2n) is 4.94. The van der Waals surface area contributed by atoms with Crippen LogP contribution in [0.3, 0.4) is 0 Å². The molecular weight excluding hydrogens is 224 g/mol. The van der Waals surface area contributed by atoms with Crippen LogP contribution < -0.4 is 0 Å². The topological polar surface area (TPSA) is 46.0 Å². The fourth-order valence-corrected chi connectivity index (χ4v) is 1.82. The number of phenolic OH excluding ortho intramolecular Hbond substituents is 1. The summed E-state index contributed by atoms with van der Waals surface area (Å²) in [4.78, 5) is 8.85. The van der Waals surface area contributed by atoms with Gasteiger partial charge >= 0.3 is 0 Å². The fraction of sp³-hybridized carbons (Fsp3) is 0.333. The van der Waals surface area contributed by atoms with Crippen LogP contribution in [-0.4, -0.2) is 15.1 Å². The van der Waals surface area contributed by atoms with Crippen LogP contribution in [0.1, 0.15) is 30.8 Å². The molecule has 0 aliphatic rings. The molecule has 94 valence electrons. The summed E-state index contributed by atoms with van der Waals surface area (Å²) < 4.78 is 0. The molecular formula is C15H18N2O. The van der Waals surface area contributed by atoms with Gasteiger partial charge < -0.3 is 5.11 Å². The fourth-order valence-electron chi connectivity index (χ4n) is 1.82. The Morgan fingerprint density at radius 1 is 1.00 bits per heavy atom. The summed E-state index contributed by atoms with van der Waals surface area (Å²) in [6.07, 6.45) is 5.40. The van der Waals surface area contributed by atoms with Crippen LogP contribution in [-0.2, 0) is 12.8 Å². The Balaban J connectivity index is 2.04. The molecule has 2 aromatic rings. The first-order valence-electron chi connectivity index (χ1n) is 6.21. The molecule has 0 unspecified atom stereocenters. The van der Waals surface area contributed by atoms with E-state index < -0.39 is 0 Å². The Labute approximate surface area is 108 Å². The van der Waals surface area contributed by atoms with Gasteiger partial charge in [-0.15, -0.1) is 0 Å². The summed E-state index contributed by atoms with van der Waals surface area (Å²) in [5.74, 6) is 0.888. The van der Waals surface area contributed by atoms with Gasteiger partial charge in [-0.25, -0.2) is 0 Å². The van der Waals surface area contributed by atoms with E-state index in [0.717, 1.165) is 29.8 Å². The van der Waals surface area contributed by atoms with E-state index in [1.807, 2.05) is 24.5 Å². The van der Waals surface area contributed by atoms with Crippen molar-refractivity contribution in [2.75, 3.05) is 0 Å². The van der Waals surface area contributed by atoms with Gasteiger partial charge in [-0.1, -0.05) is 26.0 Å². The van der Waals surface area contributed by atoms with Crippen LogP contribution in [0.2, 0.25) is 0 Å². The van der Waals surface area contributed by atoms with Gasteiger partial charge in [0.2, 0.25) is 0 Å². The van der Waals surface area contributed by atoms with E-state index in [1.165, 1.54) is 0 Å². The first-order chi connectivity index (χ1) is 8.63. The van der Waals surface area contributed by atoms with E-state index in [1.54, 1.807) is 12.1 Å². The van der Waals surface area contributed by atoms with Crippen molar-refractivity contribution in [3.63, 3.8) is 0 Å². The minimum absolute atomic E-state index is 0.289. The quantitative estimate of drug-likeness (QED) is 0.896. The molecule has 1 N–H and O–H groups in total. The van der Waals surface area contributed by atoms with Gasteiger partial charge in [0, 0.05) is 18.8 Å². The second-order valence-corrected chi connectivity index (χ2v) is 4.94. The zero-order chi connectivity index (χ0) is 13.0. The standard InChI is InChI=1S/C15H18N2O/c1-11(2)7-13-9-17-14(10-16-13)8-12-3-5-15(18)6-4-12/h3-6,9-11,18H,7-8H2,1-2H3. The molecule has 2 rings (SSSR count). The maximum Gasteiger partial charge on any atom is 0.115 e. The lowest BCUT2D eigenvalue weighted by Gasteiger charge is -2.05. The molecule has 1 aromatic heterocycles. The van der Waals surface area contributed by atoms with E-state index in [4.69, 9.17) is 0 Å². The molecule has 3 heteroatoms. The van der Waals surface area contributed by atoms with E-state index in [2.05, 4.69) is 23.8 Å². The number of aromatic hydroxyl groups is 1. The summed E-state index contributed by atoms with van der Waals surface area (Å²) in [5, 5.41) is 9.22. The molecule has 0 atom stereocenters. The lowest BCUT2D eigenvalue weighted by atomic mass is 10.1. The van der Waals surface area contributed by atoms with Gasteiger partial charge in [-0.2, -0.15) is 0 Å². The molecule has 0 spiro atoms. The molecule has 0 aliphatic carbocycles. The van der Waals surface area contributed by atoms with Crippen LogP contribution in [0.15, 0.2) is 36.7 Å². The minimum atomic E-state index is 0.289. The molecule has 18 heavy (non-hydrogen) atoms. The number of phenols is 1. The maximum atomic E-state index is 9.22. The third-order valence-electron chi connectivity index (χ3n) is 2.70. The Bertz CT molecular complexity index is 489. The van der Waals surface area contributed by atoms with Crippen LogP contribution in [0.25, 0.3) is 0 Å². The maximum absolute atomic E-state index is 9.22. The van der Waals surface area contributed by atoms with Gasteiger partial charge in [-0.3, -0.25) is 9.97 Å². The van der Waals surface area contributed by atoms with Crippen molar-refractivity contribution < 1.29 is 5.11 Å². The number of hydrogen-bond acceptors (Lipinski definition) is 3. The predicted octanol–water partition coefficient (Wildman–Crippen LogP) is 2.97.